The van der Waals surface area contributed by atoms with Crippen molar-refractivity contribution in [2.75, 3.05) is 0 Å². The Morgan fingerprint density at radius 2 is 2.17 bits per heavy atom. The van der Waals surface area contributed by atoms with Crippen molar-refractivity contribution >= 4 is 11.5 Å². The number of fused-ring (bicyclic) bond motifs is 1. The van der Waals surface area contributed by atoms with Crippen LogP contribution in [0.25, 0.3) is 5.57 Å². The van der Waals surface area contributed by atoms with Gasteiger partial charge in [0.05, 0.1) is 0 Å². The highest BCUT2D eigenvalue weighted by Gasteiger charge is 2.23. The summed E-state index contributed by atoms with van der Waals surface area (Å²) < 4.78 is 13.7. The van der Waals surface area contributed by atoms with E-state index in [1.807, 2.05) is 6.07 Å². The fourth-order valence-corrected chi connectivity index (χ4v) is 2.48. The van der Waals surface area contributed by atoms with Gasteiger partial charge in [0.1, 0.15) is 5.82 Å². The first-order valence-electron chi connectivity index (χ1n) is 6.53. The molecule has 2 nitrogen and oxygen atoms in total. The summed E-state index contributed by atoms with van der Waals surface area (Å²) in [5, 5.41) is 2.94. The second kappa shape index (κ2) is 4.56. The van der Waals surface area contributed by atoms with Crippen LogP contribution in [-0.4, -0.2) is 11.9 Å². The lowest BCUT2D eigenvalue weighted by Crippen LogP contribution is -2.23. The Bertz CT molecular complexity index is 517. The van der Waals surface area contributed by atoms with Crippen LogP contribution in [0.5, 0.6) is 0 Å². The highest BCUT2D eigenvalue weighted by Crippen LogP contribution is 2.32. The third-order valence-corrected chi connectivity index (χ3v) is 3.57. The Morgan fingerprint density at radius 3 is 2.94 bits per heavy atom. The molecule has 0 bridgehead atoms. The second-order valence-corrected chi connectivity index (χ2v) is 5.07. The van der Waals surface area contributed by atoms with Gasteiger partial charge < -0.3 is 5.32 Å². The molecule has 2 aliphatic rings. The van der Waals surface area contributed by atoms with E-state index in [9.17, 15) is 9.18 Å². The predicted octanol–water partition coefficient (Wildman–Crippen LogP) is 2.82. The van der Waals surface area contributed by atoms with Crippen LogP contribution in [0.2, 0.25) is 0 Å². The molecule has 1 aromatic rings. The van der Waals surface area contributed by atoms with Crippen LogP contribution in [-0.2, 0) is 11.2 Å². The maximum Gasteiger partial charge on any atom is 0.244 e. The van der Waals surface area contributed by atoms with Gasteiger partial charge in [0.15, 0.2) is 0 Å². The average molecular weight is 245 g/mol. The third-order valence-electron chi connectivity index (χ3n) is 3.57. The zero-order valence-electron chi connectivity index (χ0n) is 10.2. The van der Waals surface area contributed by atoms with Crippen molar-refractivity contribution in [3.8, 4) is 0 Å². The van der Waals surface area contributed by atoms with Crippen LogP contribution in [0.4, 0.5) is 4.39 Å². The summed E-state index contributed by atoms with van der Waals surface area (Å²) in [6, 6.07) is 5.48. The SMILES string of the molecule is O=C(/C=C1\CCCc2c(F)cccc21)NC1CC1. The summed E-state index contributed by atoms with van der Waals surface area (Å²) >= 11 is 0. The lowest BCUT2D eigenvalue weighted by molar-refractivity contribution is -0.116. The summed E-state index contributed by atoms with van der Waals surface area (Å²) in [5.74, 6) is -0.190. The fourth-order valence-electron chi connectivity index (χ4n) is 2.48. The van der Waals surface area contributed by atoms with Crippen LogP contribution < -0.4 is 5.32 Å². The molecule has 0 atom stereocenters. The quantitative estimate of drug-likeness (QED) is 0.798. The third kappa shape index (κ3) is 2.30. The van der Waals surface area contributed by atoms with E-state index < -0.39 is 0 Å². The maximum absolute atomic E-state index is 13.7. The number of carbonyl (C=O) groups excluding carboxylic acids is 1. The molecule has 0 radical (unpaired) electrons. The van der Waals surface area contributed by atoms with Gasteiger partial charge in [0.25, 0.3) is 0 Å². The summed E-state index contributed by atoms with van der Waals surface area (Å²) in [7, 11) is 0. The Kier molecular flexibility index (Phi) is 2.90. The van der Waals surface area contributed by atoms with Gasteiger partial charge in [-0.2, -0.15) is 0 Å². The Labute approximate surface area is 106 Å². The van der Waals surface area contributed by atoms with Crippen LogP contribution in [0, 0.1) is 5.82 Å². The maximum atomic E-state index is 13.7. The molecule has 94 valence electrons. The number of hydrogen-bond acceptors (Lipinski definition) is 1. The molecule has 1 aromatic carbocycles. The molecule has 1 saturated carbocycles. The van der Waals surface area contributed by atoms with E-state index >= 15 is 0 Å². The highest BCUT2D eigenvalue weighted by atomic mass is 19.1. The Hall–Kier alpha value is -1.64. The number of rotatable bonds is 2. The van der Waals surface area contributed by atoms with Crippen molar-refractivity contribution in [3.63, 3.8) is 0 Å². The van der Waals surface area contributed by atoms with Crippen molar-refractivity contribution < 1.29 is 9.18 Å². The zero-order chi connectivity index (χ0) is 12.5. The van der Waals surface area contributed by atoms with E-state index in [1.165, 1.54) is 6.07 Å². The highest BCUT2D eigenvalue weighted by molar-refractivity contribution is 5.96. The largest absolute Gasteiger partial charge is 0.350 e. The minimum atomic E-state index is -0.152. The molecule has 1 amide bonds. The van der Waals surface area contributed by atoms with E-state index in [4.69, 9.17) is 0 Å². The van der Waals surface area contributed by atoms with Gasteiger partial charge in [-0.05, 0) is 54.9 Å². The molecule has 1 N–H and O–H groups in total. The molecular weight excluding hydrogens is 229 g/mol. The molecule has 3 heteroatoms. The van der Waals surface area contributed by atoms with E-state index in [1.54, 1.807) is 12.1 Å². The van der Waals surface area contributed by atoms with E-state index in [0.29, 0.717) is 6.04 Å². The molecule has 1 fully saturated rings. The minimum absolute atomic E-state index is 0.0374. The van der Waals surface area contributed by atoms with E-state index in [0.717, 1.165) is 48.8 Å². The molecule has 0 unspecified atom stereocenters. The van der Waals surface area contributed by atoms with Crippen LogP contribution in [0.15, 0.2) is 24.3 Å². The number of benzene rings is 1. The monoisotopic (exact) mass is 245 g/mol. The van der Waals surface area contributed by atoms with Crippen LogP contribution in [0.1, 0.15) is 36.8 Å². The second-order valence-electron chi connectivity index (χ2n) is 5.07. The molecule has 0 aliphatic heterocycles. The molecule has 3 rings (SSSR count). The van der Waals surface area contributed by atoms with Crippen LogP contribution >= 0.6 is 0 Å². The molecule has 0 spiro atoms. The summed E-state index contributed by atoms with van der Waals surface area (Å²) in [6.07, 6.45) is 6.35. The van der Waals surface area contributed by atoms with E-state index in [2.05, 4.69) is 5.32 Å². The first-order valence-corrected chi connectivity index (χ1v) is 6.53. The van der Waals surface area contributed by atoms with E-state index in [-0.39, 0.29) is 11.7 Å². The van der Waals surface area contributed by atoms with Gasteiger partial charge in [-0.25, -0.2) is 4.39 Å². The predicted molar refractivity (Wildman–Crippen MR) is 68.5 cm³/mol. The molecule has 0 saturated heterocycles. The van der Waals surface area contributed by atoms with Crippen molar-refractivity contribution in [3.05, 3.63) is 41.2 Å². The standard InChI is InChI=1S/C15H16FNO/c16-14-6-2-4-12-10(3-1-5-13(12)14)9-15(18)17-11-7-8-11/h2,4,6,9,11H,1,3,5,7-8H2,(H,17,18)/b10-9+. The smallest absolute Gasteiger partial charge is 0.244 e. The molecule has 2 aliphatic carbocycles. The minimum Gasteiger partial charge on any atom is -0.350 e. The number of carbonyl (C=O) groups is 1. The molecule has 0 heterocycles. The first kappa shape index (κ1) is 11.5. The number of nitrogens with one attached hydrogen (secondary N) is 1. The van der Waals surface area contributed by atoms with Crippen LogP contribution in [0.3, 0.4) is 0 Å². The fraction of sp³-hybridized carbons (Fsp3) is 0.400. The van der Waals surface area contributed by atoms with Gasteiger partial charge in [-0.15, -0.1) is 0 Å². The zero-order valence-corrected chi connectivity index (χ0v) is 10.2. The Balaban J connectivity index is 1.88. The van der Waals surface area contributed by atoms with Gasteiger partial charge >= 0.3 is 0 Å². The molecule has 0 aromatic heterocycles. The summed E-state index contributed by atoms with van der Waals surface area (Å²) in [4.78, 5) is 11.8. The number of hydrogen-bond donors (Lipinski definition) is 1. The molecule has 18 heavy (non-hydrogen) atoms. The average Bonchev–Trinajstić information content (AvgIpc) is 3.14. The van der Waals surface area contributed by atoms with Crippen molar-refractivity contribution in [2.24, 2.45) is 0 Å². The van der Waals surface area contributed by atoms with Crippen molar-refractivity contribution in [1.82, 2.24) is 5.32 Å². The normalized spacial score (nSPS) is 20.6. The first-order chi connectivity index (χ1) is 8.74. The van der Waals surface area contributed by atoms with Crippen molar-refractivity contribution in [2.45, 2.75) is 38.1 Å². The topological polar surface area (TPSA) is 29.1 Å². The lowest BCUT2D eigenvalue weighted by Gasteiger charge is -2.19. The lowest BCUT2D eigenvalue weighted by atomic mass is 9.87. The summed E-state index contributed by atoms with van der Waals surface area (Å²) in [6.45, 7) is 0. The van der Waals surface area contributed by atoms with Gasteiger partial charge in [-0.1, -0.05) is 12.1 Å². The van der Waals surface area contributed by atoms with Gasteiger partial charge in [0.2, 0.25) is 5.91 Å². The Morgan fingerprint density at radius 1 is 1.33 bits per heavy atom. The molecular formula is C15H16FNO. The van der Waals surface area contributed by atoms with Gasteiger partial charge in [-0.3, -0.25) is 4.79 Å². The number of amides is 1. The number of allylic oxidation sites excluding steroid dienone is 1. The van der Waals surface area contributed by atoms with Crippen molar-refractivity contribution in [1.29, 1.82) is 0 Å². The number of halogens is 1. The van der Waals surface area contributed by atoms with Gasteiger partial charge in [0, 0.05) is 12.1 Å². The summed E-state index contributed by atoms with van der Waals surface area (Å²) in [5.41, 5.74) is 2.63.